The monoisotopic (exact) mass is 289 g/mol. The van der Waals surface area contributed by atoms with Crippen molar-refractivity contribution in [3.05, 3.63) is 35.9 Å². The van der Waals surface area contributed by atoms with Crippen LogP contribution in [0.3, 0.4) is 0 Å². The van der Waals surface area contributed by atoms with Crippen molar-refractivity contribution in [3.8, 4) is 5.75 Å². The lowest BCUT2D eigenvalue weighted by atomic mass is 9.77. The average molecular weight is 289 g/mol. The average Bonchev–Trinajstić information content (AvgIpc) is 2.46. The van der Waals surface area contributed by atoms with Crippen molar-refractivity contribution >= 4 is 12.0 Å². The number of amides is 1. The van der Waals surface area contributed by atoms with Crippen LogP contribution in [0.1, 0.15) is 38.2 Å². The van der Waals surface area contributed by atoms with Gasteiger partial charge in [0, 0.05) is 6.08 Å². The number of phenolic OH excluding ortho intramolecular Hbond substituents is 1. The normalized spacial score (nSPS) is 25.9. The van der Waals surface area contributed by atoms with Gasteiger partial charge in [-0.3, -0.25) is 4.79 Å². The Hall–Kier alpha value is -1.81. The molecule has 2 unspecified atom stereocenters. The molecule has 1 aromatic carbocycles. The first-order valence-corrected chi connectivity index (χ1v) is 7.43. The number of rotatable bonds is 4. The van der Waals surface area contributed by atoms with Gasteiger partial charge in [-0.05, 0) is 42.5 Å². The molecule has 1 saturated carbocycles. The predicted octanol–water partition coefficient (Wildman–Crippen LogP) is 2.46. The summed E-state index contributed by atoms with van der Waals surface area (Å²) in [7, 11) is 0. The van der Waals surface area contributed by atoms with E-state index >= 15 is 0 Å². The van der Waals surface area contributed by atoms with Gasteiger partial charge in [-0.2, -0.15) is 0 Å². The van der Waals surface area contributed by atoms with Crippen molar-refractivity contribution in [1.82, 2.24) is 5.32 Å². The number of hydrogen-bond acceptors (Lipinski definition) is 3. The summed E-state index contributed by atoms with van der Waals surface area (Å²) in [6.45, 7) is 2.14. The summed E-state index contributed by atoms with van der Waals surface area (Å²) in [5, 5.41) is 21.8. The van der Waals surface area contributed by atoms with Gasteiger partial charge < -0.3 is 15.5 Å². The zero-order valence-electron chi connectivity index (χ0n) is 12.4. The SMILES string of the molecule is CC1CCCC(CO)(NC(=O)C=Cc2ccc(O)cc2)C1. The first-order chi connectivity index (χ1) is 10.0. The van der Waals surface area contributed by atoms with Gasteiger partial charge >= 0.3 is 0 Å². The molecular formula is C17H23NO3. The van der Waals surface area contributed by atoms with E-state index < -0.39 is 5.54 Å². The predicted molar refractivity (Wildman–Crippen MR) is 82.7 cm³/mol. The number of aliphatic hydroxyl groups is 1. The summed E-state index contributed by atoms with van der Waals surface area (Å²) >= 11 is 0. The summed E-state index contributed by atoms with van der Waals surface area (Å²) in [6.07, 6.45) is 7.01. The molecular weight excluding hydrogens is 266 g/mol. The first kappa shape index (κ1) is 15.6. The Labute approximate surface area is 125 Å². The Morgan fingerprint density at radius 3 is 2.76 bits per heavy atom. The second-order valence-corrected chi connectivity index (χ2v) is 6.05. The molecule has 4 heteroatoms. The van der Waals surface area contributed by atoms with Crippen LogP contribution < -0.4 is 5.32 Å². The summed E-state index contributed by atoms with van der Waals surface area (Å²) in [5.74, 6) is 0.533. The highest BCUT2D eigenvalue weighted by molar-refractivity contribution is 5.92. The third-order valence-electron chi connectivity index (χ3n) is 4.10. The molecule has 1 aliphatic rings. The van der Waals surface area contributed by atoms with Crippen LogP contribution in [0.5, 0.6) is 5.75 Å². The van der Waals surface area contributed by atoms with Crippen LogP contribution in [0.15, 0.2) is 30.3 Å². The van der Waals surface area contributed by atoms with Crippen molar-refractivity contribution in [1.29, 1.82) is 0 Å². The molecule has 2 atom stereocenters. The quantitative estimate of drug-likeness (QED) is 0.746. The highest BCUT2D eigenvalue weighted by atomic mass is 16.3. The van der Waals surface area contributed by atoms with Crippen molar-refractivity contribution < 1.29 is 15.0 Å². The molecule has 0 aromatic heterocycles. The molecule has 1 fully saturated rings. The highest BCUT2D eigenvalue weighted by Gasteiger charge is 2.35. The third kappa shape index (κ3) is 4.33. The smallest absolute Gasteiger partial charge is 0.244 e. The highest BCUT2D eigenvalue weighted by Crippen LogP contribution is 2.31. The van der Waals surface area contributed by atoms with Crippen LogP contribution >= 0.6 is 0 Å². The van der Waals surface area contributed by atoms with Crippen LogP contribution in [0.2, 0.25) is 0 Å². The maximum Gasteiger partial charge on any atom is 0.244 e. The van der Waals surface area contributed by atoms with E-state index in [1.54, 1.807) is 30.3 Å². The van der Waals surface area contributed by atoms with Gasteiger partial charge in [-0.15, -0.1) is 0 Å². The fourth-order valence-electron chi connectivity index (χ4n) is 3.02. The maximum absolute atomic E-state index is 12.1. The molecule has 0 radical (unpaired) electrons. The molecule has 0 bridgehead atoms. The Morgan fingerprint density at radius 2 is 2.14 bits per heavy atom. The number of nitrogens with one attached hydrogen (secondary N) is 1. The van der Waals surface area contributed by atoms with E-state index in [1.807, 2.05) is 0 Å². The summed E-state index contributed by atoms with van der Waals surface area (Å²) < 4.78 is 0. The first-order valence-electron chi connectivity index (χ1n) is 7.43. The molecule has 3 N–H and O–H groups in total. The van der Waals surface area contributed by atoms with E-state index in [4.69, 9.17) is 0 Å². The number of aliphatic hydroxyl groups excluding tert-OH is 1. The molecule has 0 aliphatic heterocycles. The van der Waals surface area contributed by atoms with Gasteiger partial charge in [0.05, 0.1) is 12.1 Å². The molecule has 1 aliphatic carbocycles. The van der Waals surface area contributed by atoms with Crippen molar-refractivity contribution in [2.45, 2.75) is 38.1 Å². The molecule has 114 valence electrons. The van der Waals surface area contributed by atoms with Crippen LogP contribution in [-0.4, -0.2) is 28.3 Å². The Bertz CT molecular complexity index is 509. The fraction of sp³-hybridized carbons (Fsp3) is 0.471. The minimum Gasteiger partial charge on any atom is -0.508 e. The van der Waals surface area contributed by atoms with Gasteiger partial charge in [-0.25, -0.2) is 0 Å². The van der Waals surface area contributed by atoms with Gasteiger partial charge in [0.2, 0.25) is 5.91 Å². The molecule has 4 nitrogen and oxygen atoms in total. The van der Waals surface area contributed by atoms with Gasteiger partial charge in [0.1, 0.15) is 5.75 Å². The van der Waals surface area contributed by atoms with Crippen molar-refractivity contribution in [2.24, 2.45) is 5.92 Å². The van der Waals surface area contributed by atoms with E-state index in [0.717, 1.165) is 31.2 Å². The zero-order valence-corrected chi connectivity index (χ0v) is 12.4. The van der Waals surface area contributed by atoms with Gasteiger partial charge in [0.25, 0.3) is 0 Å². The van der Waals surface area contributed by atoms with E-state index in [1.165, 1.54) is 6.08 Å². The second kappa shape index (κ2) is 6.76. The number of carbonyl (C=O) groups excluding carboxylic acids is 1. The van der Waals surface area contributed by atoms with Crippen molar-refractivity contribution in [2.75, 3.05) is 6.61 Å². The molecule has 1 amide bonds. The van der Waals surface area contributed by atoms with Crippen molar-refractivity contribution in [3.63, 3.8) is 0 Å². The van der Waals surface area contributed by atoms with Gasteiger partial charge in [-0.1, -0.05) is 31.9 Å². The Kier molecular flexibility index (Phi) is 5.02. The van der Waals surface area contributed by atoms with E-state index in [0.29, 0.717) is 5.92 Å². The molecule has 21 heavy (non-hydrogen) atoms. The largest absolute Gasteiger partial charge is 0.508 e. The molecule has 0 saturated heterocycles. The minimum absolute atomic E-state index is 0.0177. The van der Waals surface area contributed by atoms with Crippen LogP contribution in [0, 0.1) is 5.92 Å². The molecule has 1 aromatic rings. The molecule has 0 heterocycles. The van der Waals surface area contributed by atoms with Crippen LogP contribution in [0.25, 0.3) is 6.08 Å². The van der Waals surface area contributed by atoms with E-state index in [2.05, 4.69) is 12.2 Å². The molecule has 0 spiro atoms. The summed E-state index contributed by atoms with van der Waals surface area (Å²) in [5.41, 5.74) is 0.367. The summed E-state index contributed by atoms with van der Waals surface area (Å²) in [6, 6.07) is 6.64. The number of aromatic hydroxyl groups is 1. The lowest BCUT2D eigenvalue weighted by Gasteiger charge is -2.39. The Balaban J connectivity index is 1.98. The van der Waals surface area contributed by atoms with Gasteiger partial charge in [0.15, 0.2) is 0 Å². The second-order valence-electron chi connectivity index (χ2n) is 6.05. The number of carbonyl (C=O) groups is 1. The van der Waals surface area contributed by atoms with Crippen LogP contribution in [0.4, 0.5) is 0 Å². The van der Waals surface area contributed by atoms with Crippen LogP contribution in [-0.2, 0) is 4.79 Å². The topological polar surface area (TPSA) is 69.6 Å². The number of phenols is 1. The lowest BCUT2D eigenvalue weighted by Crippen LogP contribution is -2.53. The fourth-order valence-corrected chi connectivity index (χ4v) is 3.02. The zero-order chi connectivity index (χ0) is 15.3. The lowest BCUT2D eigenvalue weighted by molar-refractivity contribution is -0.119. The number of hydrogen-bond donors (Lipinski definition) is 3. The van der Waals surface area contributed by atoms with E-state index in [9.17, 15) is 15.0 Å². The third-order valence-corrected chi connectivity index (χ3v) is 4.10. The molecule has 2 rings (SSSR count). The standard InChI is InChI=1S/C17H23NO3/c1-13-3-2-10-17(11-13,12-19)18-16(21)9-6-14-4-7-15(20)8-5-14/h4-9,13,19-20H,2-3,10-12H2,1H3,(H,18,21). The number of benzene rings is 1. The maximum atomic E-state index is 12.1. The summed E-state index contributed by atoms with van der Waals surface area (Å²) in [4.78, 5) is 12.1. The minimum atomic E-state index is -0.478. The van der Waals surface area contributed by atoms with E-state index in [-0.39, 0.29) is 18.3 Å². The Morgan fingerprint density at radius 1 is 1.43 bits per heavy atom.